The zero-order valence-electron chi connectivity index (χ0n) is 11.9. The fraction of sp³-hybridized carbons (Fsp3) is 0.375. The zero-order valence-corrected chi connectivity index (χ0v) is 12.7. The van der Waals surface area contributed by atoms with E-state index in [0.717, 1.165) is 31.3 Å². The number of thiophene rings is 1. The van der Waals surface area contributed by atoms with Crippen LogP contribution in [-0.2, 0) is 6.54 Å². The topological polar surface area (TPSA) is 32.7 Å². The van der Waals surface area contributed by atoms with Crippen LogP contribution in [0.1, 0.15) is 12.0 Å². The normalized spacial score (nSPS) is 22.7. The Labute approximate surface area is 131 Å². The Morgan fingerprint density at radius 2 is 2.05 bits per heavy atom. The number of nitrogens with zero attached hydrogens (tertiary/aromatic N) is 1. The molecule has 1 aromatic carbocycles. The van der Waals surface area contributed by atoms with Crippen LogP contribution in [-0.4, -0.2) is 35.3 Å². The van der Waals surface area contributed by atoms with Crippen molar-refractivity contribution in [3.8, 4) is 5.75 Å². The molecule has 1 N–H and O–H groups in total. The Hall–Kier alpha value is -1.50. The van der Waals surface area contributed by atoms with E-state index in [1.54, 1.807) is 11.3 Å². The van der Waals surface area contributed by atoms with E-state index in [-0.39, 0.29) is 5.75 Å². The molecule has 2 aromatic rings. The molecule has 0 amide bonds. The highest BCUT2D eigenvalue weighted by atomic mass is 32.1. The van der Waals surface area contributed by atoms with Crippen molar-refractivity contribution < 1.29 is 18.6 Å². The van der Waals surface area contributed by atoms with Gasteiger partial charge in [-0.05, 0) is 28.8 Å². The van der Waals surface area contributed by atoms with E-state index in [2.05, 4.69) is 16.3 Å². The Kier molecular flexibility index (Phi) is 4.71. The van der Waals surface area contributed by atoms with Gasteiger partial charge in [0, 0.05) is 37.8 Å². The van der Waals surface area contributed by atoms with Crippen molar-refractivity contribution in [3.63, 3.8) is 0 Å². The summed E-state index contributed by atoms with van der Waals surface area (Å²) in [7, 11) is 0. The number of aliphatic hydroxyl groups is 1. The van der Waals surface area contributed by atoms with Crippen LogP contribution in [0.5, 0.6) is 5.75 Å². The average molecular weight is 325 g/mol. The summed E-state index contributed by atoms with van der Waals surface area (Å²) in [6, 6.07) is 5.13. The predicted molar refractivity (Wildman–Crippen MR) is 81.0 cm³/mol. The van der Waals surface area contributed by atoms with E-state index in [1.807, 2.05) is 5.38 Å². The number of aliphatic hydroxyl groups excluding tert-OH is 1. The first-order chi connectivity index (χ1) is 10.6. The number of ether oxygens (including phenoxy) is 1. The fourth-order valence-corrected chi connectivity index (χ4v) is 3.33. The second-order valence-corrected chi connectivity index (χ2v) is 6.26. The molecule has 118 valence electrons. The van der Waals surface area contributed by atoms with Gasteiger partial charge in [-0.2, -0.15) is 11.3 Å². The van der Waals surface area contributed by atoms with Gasteiger partial charge >= 0.3 is 0 Å². The molecule has 0 radical (unpaired) electrons. The summed E-state index contributed by atoms with van der Waals surface area (Å²) in [5.74, 6) is -1.24. The Balaban J connectivity index is 1.58. The van der Waals surface area contributed by atoms with E-state index in [1.165, 1.54) is 5.56 Å². The highest BCUT2D eigenvalue weighted by molar-refractivity contribution is 7.07. The van der Waals surface area contributed by atoms with Crippen LogP contribution >= 0.6 is 11.3 Å². The summed E-state index contributed by atoms with van der Waals surface area (Å²) in [5, 5.41) is 14.3. The molecule has 1 saturated heterocycles. The molecule has 0 bridgehead atoms. The maximum atomic E-state index is 13.2. The van der Waals surface area contributed by atoms with Crippen molar-refractivity contribution in [1.29, 1.82) is 0 Å². The lowest BCUT2D eigenvalue weighted by atomic mass is 10.0. The standard InChI is InChI=1S/C16H17F2NO2S/c17-12-5-13(18)7-14(6-12)21-16-1-3-19(9-15(16)20)8-11-2-4-22-10-11/h2,4-7,10,15-16,20H,1,3,8-9H2/t15-,16-/m1/s1. The van der Waals surface area contributed by atoms with E-state index < -0.39 is 23.8 Å². The first-order valence-corrected chi connectivity index (χ1v) is 8.09. The molecule has 22 heavy (non-hydrogen) atoms. The molecular weight excluding hydrogens is 308 g/mol. The lowest BCUT2D eigenvalue weighted by Crippen LogP contribution is -2.48. The maximum absolute atomic E-state index is 13.2. The molecule has 2 atom stereocenters. The molecule has 0 unspecified atom stereocenters. The van der Waals surface area contributed by atoms with Gasteiger partial charge < -0.3 is 9.84 Å². The third kappa shape index (κ3) is 3.82. The second-order valence-electron chi connectivity index (χ2n) is 5.48. The summed E-state index contributed by atoms with van der Waals surface area (Å²) in [5.41, 5.74) is 1.23. The number of piperidine rings is 1. The quantitative estimate of drug-likeness (QED) is 0.938. The SMILES string of the molecule is O[C@@H]1CN(Cc2ccsc2)CC[C@H]1Oc1cc(F)cc(F)c1. The third-order valence-corrected chi connectivity index (χ3v) is 4.45. The number of halogens is 2. The molecule has 0 saturated carbocycles. The monoisotopic (exact) mass is 325 g/mol. The molecule has 1 fully saturated rings. The molecule has 1 aromatic heterocycles. The molecule has 0 aliphatic carbocycles. The van der Waals surface area contributed by atoms with Gasteiger partial charge in [-0.3, -0.25) is 4.90 Å². The van der Waals surface area contributed by atoms with Gasteiger partial charge in [-0.1, -0.05) is 0 Å². The molecular formula is C16H17F2NO2S. The number of β-amino-alcohol motifs (C(OH)–C–C–N with tert-alkyl or cyclic N) is 1. The summed E-state index contributed by atoms with van der Waals surface area (Å²) in [4.78, 5) is 2.15. The average Bonchev–Trinajstić information content (AvgIpc) is 2.94. The molecule has 6 heteroatoms. The molecule has 1 aliphatic rings. The van der Waals surface area contributed by atoms with Gasteiger partial charge in [-0.15, -0.1) is 0 Å². The highest BCUT2D eigenvalue weighted by Gasteiger charge is 2.29. The van der Waals surface area contributed by atoms with E-state index in [9.17, 15) is 13.9 Å². The van der Waals surface area contributed by atoms with Gasteiger partial charge in [0.2, 0.25) is 0 Å². The van der Waals surface area contributed by atoms with Crippen molar-refractivity contribution in [3.05, 3.63) is 52.2 Å². The van der Waals surface area contributed by atoms with Gasteiger partial charge in [0.25, 0.3) is 0 Å². The predicted octanol–water partition coefficient (Wildman–Crippen LogP) is 3.04. The van der Waals surface area contributed by atoms with Crippen LogP contribution in [0, 0.1) is 11.6 Å². The highest BCUT2D eigenvalue weighted by Crippen LogP contribution is 2.22. The fourth-order valence-electron chi connectivity index (χ4n) is 2.67. The van der Waals surface area contributed by atoms with Crippen LogP contribution in [0.25, 0.3) is 0 Å². The summed E-state index contributed by atoms with van der Waals surface area (Å²) in [6.45, 7) is 2.05. The van der Waals surface area contributed by atoms with Crippen molar-refractivity contribution in [2.24, 2.45) is 0 Å². The van der Waals surface area contributed by atoms with Gasteiger partial charge in [0.15, 0.2) is 0 Å². The van der Waals surface area contributed by atoms with E-state index in [4.69, 9.17) is 4.74 Å². The largest absolute Gasteiger partial charge is 0.487 e. The van der Waals surface area contributed by atoms with Gasteiger partial charge in [0.1, 0.15) is 29.6 Å². The van der Waals surface area contributed by atoms with Crippen molar-refractivity contribution in [1.82, 2.24) is 4.90 Å². The summed E-state index contributed by atoms with van der Waals surface area (Å²) < 4.78 is 31.9. The first kappa shape index (κ1) is 15.4. The summed E-state index contributed by atoms with van der Waals surface area (Å²) >= 11 is 1.65. The molecule has 3 rings (SSSR count). The van der Waals surface area contributed by atoms with E-state index in [0.29, 0.717) is 13.0 Å². The summed E-state index contributed by atoms with van der Waals surface area (Å²) in [6.07, 6.45) is -0.512. The Morgan fingerprint density at radius 3 is 2.68 bits per heavy atom. The number of hydrogen-bond acceptors (Lipinski definition) is 4. The Morgan fingerprint density at radius 1 is 1.27 bits per heavy atom. The Bertz CT molecular complexity index is 600. The minimum absolute atomic E-state index is 0.118. The number of likely N-dealkylation sites (tertiary alicyclic amines) is 1. The molecule has 2 heterocycles. The van der Waals surface area contributed by atoms with Crippen LogP contribution in [0.4, 0.5) is 8.78 Å². The van der Waals surface area contributed by atoms with Crippen LogP contribution < -0.4 is 4.74 Å². The van der Waals surface area contributed by atoms with Crippen molar-refractivity contribution >= 4 is 11.3 Å². The lowest BCUT2D eigenvalue weighted by Gasteiger charge is -2.35. The van der Waals surface area contributed by atoms with Gasteiger partial charge in [0.05, 0.1) is 0 Å². The number of hydrogen-bond donors (Lipinski definition) is 1. The van der Waals surface area contributed by atoms with Crippen molar-refractivity contribution in [2.45, 2.75) is 25.2 Å². The van der Waals surface area contributed by atoms with Crippen molar-refractivity contribution in [2.75, 3.05) is 13.1 Å². The molecule has 0 spiro atoms. The maximum Gasteiger partial charge on any atom is 0.129 e. The minimum Gasteiger partial charge on any atom is -0.487 e. The molecule has 1 aliphatic heterocycles. The van der Waals surface area contributed by atoms with E-state index >= 15 is 0 Å². The lowest BCUT2D eigenvalue weighted by molar-refractivity contribution is -0.0276. The third-order valence-electron chi connectivity index (χ3n) is 3.71. The smallest absolute Gasteiger partial charge is 0.129 e. The minimum atomic E-state index is -0.682. The second kappa shape index (κ2) is 6.73. The zero-order chi connectivity index (χ0) is 15.5. The number of benzene rings is 1. The first-order valence-electron chi connectivity index (χ1n) is 7.14. The number of rotatable bonds is 4. The van der Waals surface area contributed by atoms with Crippen LogP contribution in [0.3, 0.4) is 0 Å². The molecule has 3 nitrogen and oxygen atoms in total. The van der Waals surface area contributed by atoms with Gasteiger partial charge in [-0.25, -0.2) is 8.78 Å². The van der Waals surface area contributed by atoms with Crippen LogP contribution in [0.15, 0.2) is 35.0 Å². The van der Waals surface area contributed by atoms with Crippen LogP contribution in [0.2, 0.25) is 0 Å².